The van der Waals surface area contributed by atoms with Crippen molar-refractivity contribution < 1.29 is 9.53 Å². The SMILES string of the molecule is CCn1nc(C)cc1COC(=O)c1cc(N)c(C)s1. The van der Waals surface area contributed by atoms with Gasteiger partial charge in [0.25, 0.3) is 0 Å². The summed E-state index contributed by atoms with van der Waals surface area (Å²) in [6.07, 6.45) is 0. The highest BCUT2D eigenvalue weighted by molar-refractivity contribution is 7.14. The highest BCUT2D eigenvalue weighted by Gasteiger charge is 2.14. The van der Waals surface area contributed by atoms with Crippen molar-refractivity contribution >= 4 is 23.0 Å². The van der Waals surface area contributed by atoms with Crippen molar-refractivity contribution in [2.75, 3.05) is 5.73 Å². The highest BCUT2D eigenvalue weighted by Crippen LogP contribution is 2.24. The molecule has 0 unspecified atom stereocenters. The number of hydrogen-bond acceptors (Lipinski definition) is 5. The average Bonchev–Trinajstić information content (AvgIpc) is 2.90. The summed E-state index contributed by atoms with van der Waals surface area (Å²) in [5.74, 6) is -0.341. The van der Waals surface area contributed by atoms with Gasteiger partial charge in [0.15, 0.2) is 0 Å². The van der Waals surface area contributed by atoms with E-state index in [1.807, 2.05) is 31.5 Å². The van der Waals surface area contributed by atoms with Crippen molar-refractivity contribution in [3.05, 3.63) is 33.3 Å². The van der Waals surface area contributed by atoms with E-state index in [-0.39, 0.29) is 12.6 Å². The molecule has 2 rings (SSSR count). The average molecular weight is 279 g/mol. The van der Waals surface area contributed by atoms with Gasteiger partial charge in [-0.05, 0) is 32.9 Å². The molecule has 2 heterocycles. The Bertz CT molecular complexity index is 582. The van der Waals surface area contributed by atoms with Crippen LogP contribution in [-0.2, 0) is 17.9 Å². The Kier molecular flexibility index (Phi) is 3.90. The van der Waals surface area contributed by atoms with E-state index in [4.69, 9.17) is 10.5 Å². The molecule has 2 aromatic heterocycles. The van der Waals surface area contributed by atoms with E-state index in [1.54, 1.807) is 6.07 Å². The molecule has 0 bridgehead atoms. The monoisotopic (exact) mass is 279 g/mol. The van der Waals surface area contributed by atoms with E-state index in [9.17, 15) is 4.79 Å². The first-order valence-corrected chi connectivity index (χ1v) is 6.89. The Labute approximate surface area is 116 Å². The van der Waals surface area contributed by atoms with Crippen LogP contribution in [0.4, 0.5) is 5.69 Å². The molecule has 5 nitrogen and oxygen atoms in total. The van der Waals surface area contributed by atoms with E-state index in [0.717, 1.165) is 22.8 Å². The van der Waals surface area contributed by atoms with Gasteiger partial charge in [-0.2, -0.15) is 5.10 Å². The summed E-state index contributed by atoms with van der Waals surface area (Å²) < 4.78 is 7.12. The first-order chi connectivity index (χ1) is 9.01. The van der Waals surface area contributed by atoms with Gasteiger partial charge in [0.2, 0.25) is 0 Å². The predicted molar refractivity (Wildman–Crippen MR) is 75.2 cm³/mol. The maximum atomic E-state index is 11.9. The molecule has 0 fully saturated rings. The summed E-state index contributed by atoms with van der Waals surface area (Å²) in [7, 11) is 0. The van der Waals surface area contributed by atoms with E-state index < -0.39 is 0 Å². The Morgan fingerprint density at radius 2 is 2.21 bits per heavy atom. The quantitative estimate of drug-likeness (QED) is 0.873. The molecule has 0 aliphatic heterocycles. The third-order valence-corrected chi connectivity index (χ3v) is 3.84. The van der Waals surface area contributed by atoms with Crippen molar-refractivity contribution in [3.8, 4) is 0 Å². The van der Waals surface area contributed by atoms with E-state index >= 15 is 0 Å². The van der Waals surface area contributed by atoms with Crippen molar-refractivity contribution in [3.63, 3.8) is 0 Å². The second-order valence-electron chi connectivity index (χ2n) is 4.29. The van der Waals surface area contributed by atoms with Crippen LogP contribution in [0.3, 0.4) is 0 Å². The molecule has 0 aliphatic rings. The molecule has 0 radical (unpaired) electrons. The molecule has 0 saturated carbocycles. The minimum Gasteiger partial charge on any atom is -0.455 e. The Hall–Kier alpha value is -1.82. The number of carbonyl (C=O) groups excluding carboxylic acids is 1. The van der Waals surface area contributed by atoms with Crippen molar-refractivity contribution in [1.82, 2.24) is 9.78 Å². The number of carbonyl (C=O) groups is 1. The Balaban J connectivity index is 2.04. The zero-order valence-electron chi connectivity index (χ0n) is 11.3. The lowest BCUT2D eigenvalue weighted by Crippen LogP contribution is -2.08. The molecule has 102 valence electrons. The molecule has 0 saturated heterocycles. The molecule has 0 aliphatic carbocycles. The topological polar surface area (TPSA) is 70.1 Å². The maximum Gasteiger partial charge on any atom is 0.348 e. The number of ether oxygens (including phenoxy) is 1. The van der Waals surface area contributed by atoms with Gasteiger partial charge in [-0.1, -0.05) is 0 Å². The third-order valence-electron chi connectivity index (χ3n) is 2.79. The molecular weight excluding hydrogens is 262 g/mol. The van der Waals surface area contributed by atoms with Gasteiger partial charge >= 0.3 is 5.97 Å². The van der Waals surface area contributed by atoms with Gasteiger partial charge in [-0.25, -0.2) is 4.79 Å². The second-order valence-corrected chi connectivity index (χ2v) is 5.55. The lowest BCUT2D eigenvalue weighted by Gasteiger charge is -2.05. The molecule has 0 spiro atoms. The van der Waals surface area contributed by atoms with Gasteiger partial charge < -0.3 is 10.5 Å². The third kappa shape index (κ3) is 2.96. The number of rotatable bonds is 4. The van der Waals surface area contributed by atoms with Crippen LogP contribution in [0.15, 0.2) is 12.1 Å². The largest absolute Gasteiger partial charge is 0.455 e. The summed E-state index contributed by atoms with van der Waals surface area (Å²) in [4.78, 5) is 13.4. The van der Waals surface area contributed by atoms with Gasteiger partial charge in [0.1, 0.15) is 11.5 Å². The van der Waals surface area contributed by atoms with Crippen LogP contribution >= 0.6 is 11.3 Å². The second kappa shape index (κ2) is 5.44. The van der Waals surface area contributed by atoms with E-state index in [2.05, 4.69) is 5.10 Å². The van der Waals surface area contributed by atoms with Crippen molar-refractivity contribution in [2.45, 2.75) is 33.9 Å². The number of nitrogen functional groups attached to an aromatic ring is 1. The number of aryl methyl sites for hydroxylation is 3. The molecule has 0 amide bonds. The van der Waals surface area contributed by atoms with Crippen LogP contribution < -0.4 is 5.73 Å². The van der Waals surface area contributed by atoms with Gasteiger partial charge in [0, 0.05) is 17.1 Å². The lowest BCUT2D eigenvalue weighted by molar-refractivity contribution is 0.0468. The standard InChI is InChI=1S/C13H17N3O2S/c1-4-16-10(5-8(2)15-16)7-18-13(17)12-6-11(14)9(3)19-12/h5-6H,4,7,14H2,1-3H3. The van der Waals surface area contributed by atoms with Crippen molar-refractivity contribution in [2.24, 2.45) is 0 Å². The van der Waals surface area contributed by atoms with Crippen LogP contribution in [0.25, 0.3) is 0 Å². The fourth-order valence-electron chi connectivity index (χ4n) is 1.80. The molecule has 2 N–H and O–H groups in total. The normalized spacial score (nSPS) is 10.7. The smallest absolute Gasteiger partial charge is 0.348 e. The van der Waals surface area contributed by atoms with Crippen LogP contribution in [-0.4, -0.2) is 15.7 Å². The number of nitrogens with two attached hydrogens (primary N) is 1. The molecule has 0 aromatic carbocycles. The Morgan fingerprint density at radius 1 is 1.47 bits per heavy atom. The summed E-state index contributed by atoms with van der Waals surface area (Å²) in [5.41, 5.74) is 8.17. The summed E-state index contributed by atoms with van der Waals surface area (Å²) in [5, 5.41) is 4.31. The fraction of sp³-hybridized carbons (Fsp3) is 0.385. The van der Waals surface area contributed by atoms with Gasteiger partial charge in [0.05, 0.1) is 11.4 Å². The van der Waals surface area contributed by atoms with E-state index in [1.165, 1.54) is 11.3 Å². The molecule has 2 aromatic rings. The van der Waals surface area contributed by atoms with Crippen molar-refractivity contribution in [1.29, 1.82) is 0 Å². The summed E-state index contributed by atoms with van der Waals surface area (Å²) in [6, 6.07) is 3.58. The van der Waals surface area contributed by atoms with E-state index in [0.29, 0.717) is 10.6 Å². The molecule has 0 atom stereocenters. The first kappa shape index (κ1) is 13.6. The first-order valence-electron chi connectivity index (χ1n) is 6.07. The number of nitrogens with zero attached hydrogens (tertiary/aromatic N) is 2. The van der Waals surface area contributed by atoms with Crippen LogP contribution in [0, 0.1) is 13.8 Å². The molecule has 6 heteroatoms. The molecule has 19 heavy (non-hydrogen) atoms. The minimum absolute atomic E-state index is 0.227. The molecular formula is C13H17N3O2S. The van der Waals surface area contributed by atoms with Gasteiger partial charge in [-0.15, -0.1) is 11.3 Å². The zero-order chi connectivity index (χ0) is 14.0. The van der Waals surface area contributed by atoms with Crippen LogP contribution in [0.2, 0.25) is 0 Å². The number of aromatic nitrogens is 2. The van der Waals surface area contributed by atoms with Gasteiger partial charge in [-0.3, -0.25) is 4.68 Å². The summed E-state index contributed by atoms with van der Waals surface area (Å²) in [6.45, 7) is 6.78. The predicted octanol–water partition coefficient (Wildman–Crippen LogP) is 2.52. The van der Waals surface area contributed by atoms with Crippen LogP contribution in [0.5, 0.6) is 0 Å². The summed E-state index contributed by atoms with van der Waals surface area (Å²) >= 11 is 1.35. The number of hydrogen-bond donors (Lipinski definition) is 1. The Morgan fingerprint density at radius 3 is 2.79 bits per heavy atom. The minimum atomic E-state index is -0.341. The van der Waals surface area contributed by atoms with Crippen LogP contribution in [0.1, 0.15) is 32.9 Å². The maximum absolute atomic E-state index is 11.9. The number of thiophene rings is 1. The number of anilines is 1. The fourth-order valence-corrected chi connectivity index (χ4v) is 2.63. The number of esters is 1. The lowest BCUT2D eigenvalue weighted by atomic mass is 10.3. The zero-order valence-corrected chi connectivity index (χ0v) is 12.1. The highest BCUT2D eigenvalue weighted by atomic mass is 32.1.